The van der Waals surface area contributed by atoms with Gasteiger partial charge in [-0.05, 0) is 31.2 Å². The van der Waals surface area contributed by atoms with Gasteiger partial charge in [0.25, 0.3) is 10.0 Å². The number of rotatable bonds is 7. The summed E-state index contributed by atoms with van der Waals surface area (Å²) in [5, 5.41) is 0. The lowest BCUT2D eigenvalue weighted by Crippen LogP contribution is -2.24. The van der Waals surface area contributed by atoms with Gasteiger partial charge in [0, 0.05) is 7.11 Å². The summed E-state index contributed by atoms with van der Waals surface area (Å²) in [6.07, 6.45) is 0. The Labute approximate surface area is 100 Å². The fourth-order valence-electron chi connectivity index (χ4n) is 1.09. The van der Waals surface area contributed by atoms with Gasteiger partial charge in [-0.1, -0.05) is 4.89 Å². The normalized spacial score (nSPS) is 11.4. The highest BCUT2D eigenvalue weighted by molar-refractivity contribution is 7.89. The Kier molecular flexibility index (Phi) is 5.36. The molecule has 7 heteroatoms. The second-order valence-corrected chi connectivity index (χ2v) is 4.69. The van der Waals surface area contributed by atoms with Crippen LogP contribution in [0.25, 0.3) is 0 Å². The molecule has 0 fully saturated rings. The SMILES string of the molecule is CCOc1ccc(S(=O)(=O)NOCOC)cc1. The van der Waals surface area contributed by atoms with Crippen LogP contribution in [-0.4, -0.2) is 28.9 Å². The number of nitrogens with one attached hydrogen (secondary N) is 1. The fraction of sp³-hybridized carbons (Fsp3) is 0.400. The van der Waals surface area contributed by atoms with Gasteiger partial charge in [-0.25, -0.2) is 8.42 Å². The van der Waals surface area contributed by atoms with Crippen molar-refractivity contribution >= 4 is 10.0 Å². The van der Waals surface area contributed by atoms with Crippen LogP contribution in [0.2, 0.25) is 0 Å². The first-order valence-corrected chi connectivity index (χ1v) is 6.44. The zero-order valence-corrected chi connectivity index (χ0v) is 10.5. The number of sulfonamides is 1. The Morgan fingerprint density at radius 3 is 2.41 bits per heavy atom. The lowest BCUT2D eigenvalue weighted by molar-refractivity contribution is -0.0540. The third-order valence-electron chi connectivity index (χ3n) is 1.79. The minimum atomic E-state index is -3.67. The fourth-order valence-corrected chi connectivity index (χ4v) is 1.88. The van der Waals surface area contributed by atoms with Crippen molar-refractivity contribution in [2.45, 2.75) is 11.8 Å². The number of hydrogen-bond acceptors (Lipinski definition) is 5. The molecule has 96 valence electrons. The Morgan fingerprint density at radius 1 is 1.24 bits per heavy atom. The highest BCUT2D eigenvalue weighted by Crippen LogP contribution is 2.15. The van der Waals surface area contributed by atoms with Crippen LogP contribution in [-0.2, 0) is 19.6 Å². The van der Waals surface area contributed by atoms with Gasteiger partial charge in [0.2, 0.25) is 0 Å². The van der Waals surface area contributed by atoms with E-state index in [-0.39, 0.29) is 11.7 Å². The molecule has 0 atom stereocenters. The molecule has 6 nitrogen and oxygen atoms in total. The Morgan fingerprint density at radius 2 is 1.88 bits per heavy atom. The van der Waals surface area contributed by atoms with Gasteiger partial charge in [-0.15, -0.1) is 0 Å². The van der Waals surface area contributed by atoms with Crippen molar-refractivity contribution in [1.82, 2.24) is 4.89 Å². The molecule has 1 aromatic carbocycles. The van der Waals surface area contributed by atoms with Gasteiger partial charge >= 0.3 is 0 Å². The van der Waals surface area contributed by atoms with Gasteiger partial charge in [0.05, 0.1) is 11.5 Å². The number of ether oxygens (including phenoxy) is 2. The standard InChI is InChI=1S/C10H15NO5S/c1-3-15-9-4-6-10(7-5-9)17(12,13)11-16-8-14-2/h4-7,11H,3,8H2,1-2H3. The molecule has 0 radical (unpaired) electrons. The zero-order valence-electron chi connectivity index (χ0n) is 9.67. The molecule has 0 bridgehead atoms. The quantitative estimate of drug-likeness (QED) is 0.448. The molecule has 1 aromatic rings. The first-order valence-electron chi connectivity index (χ1n) is 4.95. The van der Waals surface area contributed by atoms with E-state index in [9.17, 15) is 8.42 Å². The lowest BCUT2D eigenvalue weighted by atomic mass is 10.3. The summed E-state index contributed by atoms with van der Waals surface area (Å²) in [6, 6.07) is 6.02. The smallest absolute Gasteiger partial charge is 0.262 e. The average molecular weight is 261 g/mol. The topological polar surface area (TPSA) is 73.9 Å². The van der Waals surface area contributed by atoms with E-state index in [1.165, 1.54) is 19.2 Å². The van der Waals surface area contributed by atoms with E-state index >= 15 is 0 Å². The molecule has 1 rings (SSSR count). The molecule has 0 aliphatic rings. The minimum Gasteiger partial charge on any atom is -0.494 e. The van der Waals surface area contributed by atoms with Crippen molar-refractivity contribution in [2.24, 2.45) is 0 Å². The number of methoxy groups -OCH3 is 1. The van der Waals surface area contributed by atoms with E-state index in [0.717, 1.165) is 0 Å². The van der Waals surface area contributed by atoms with E-state index in [4.69, 9.17) is 4.74 Å². The molecular weight excluding hydrogens is 246 g/mol. The first-order chi connectivity index (χ1) is 8.10. The van der Waals surface area contributed by atoms with E-state index < -0.39 is 10.0 Å². The maximum Gasteiger partial charge on any atom is 0.262 e. The van der Waals surface area contributed by atoms with Gasteiger partial charge in [0.15, 0.2) is 6.79 Å². The summed E-state index contributed by atoms with van der Waals surface area (Å²) in [4.78, 5) is 6.62. The molecule has 0 aliphatic carbocycles. The monoisotopic (exact) mass is 261 g/mol. The highest BCUT2D eigenvalue weighted by atomic mass is 32.2. The summed E-state index contributed by atoms with van der Waals surface area (Å²) in [5.74, 6) is 0.615. The van der Waals surface area contributed by atoms with Crippen LogP contribution in [0, 0.1) is 0 Å². The summed E-state index contributed by atoms with van der Waals surface area (Å²) < 4.78 is 33.0. The third-order valence-corrected chi connectivity index (χ3v) is 3.02. The second kappa shape index (κ2) is 6.55. The molecule has 0 aliphatic heterocycles. The zero-order chi connectivity index (χ0) is 12.7. The molecule has 0 saturated carbocycles. The number of hydrogen-bond donors (Lipinski definition) is 1. The van der Waals surface area contributed by atoms with E-state index in [1.54, 1.807) is 12.1 Å². The average Bonchev–Trinajstić information content (AvgIpc) is 2.30. The molecular formula is C10H15NO5S. The second-order valence-electron chi connectivity index (χ2n) is 3.04. The van der Waals surface area contributed by atoms with Crippen molar-refractivity contribution in [2.75, 3.05) is 20.5 Å². The van der Waals surface area contributed by atoms with E-state index in [1.807, 2.05) is 11.8 Å². The van der Waals surface area contributed by atoms with Crippen LogP contribution in [0.4, 0.5) is 0 Å². The van der Waals surface area contributed by atoms with Gasteiger partial charge in [-0.3, -0.25) is 4.84 Å². The van der Waals surface area contributed by atoms with Crippen LogP contribution in [0.5, 0.6) is 5.75 Å². The summed E-state index contributed by atoms with van der Waals surface area (Å²) in [6.45, 7) is 2.22. The minimum absolute atomic E-state index is 0.0945. The van der Waals surface area contributed by atoms with E-state index in [0.29, 0.717) is 12.4 Å². The Balaban J connectivity index is 2.71. The number of benzene rings is 1. The molecule has 1 N–H and O–H groups in total. The predicted molar refractivity (Wildman–Crippen MR) is 60.9 cm³/mol. The van der Waals surface area contributed by atoms with Crippen LogP contribution >= 0.6 is 0 Å². The maximum atomic E-state index is 11.6. The molecule has 0 unspecified atom stereocenters. The molecule has 0 spiro atoms. The van der Waals surface area contributed by atoms with Crippen molar-refractivity contribution in [3.8, 4) is 5.75 Å². The molecule has 0 aromatic heterocycles. The van der Waals surface area contributed by atoms with E-state index in [2.05, 4.69) is 9.57 Å². The predicted octanol–water partition coefficient (Wildman–Crippen LogP) is 0.899. The largest absolute Gasteiger partial charge is 0.494 e. The summed E-state index contributed by atoms with van der Waals surface area (Å²) >= 11 is 0. The van der Waals surface area contributed by atoms with Gasteiger partial charge in [0.1, 0.15) is 5.75 Å². The van der Waals surface area contributed by atoms with Crippen LogP contribution in [0.3, 0.4) is 0 Å². The molecule has 0 heterocycles. The van der Waals surface area contributed by atoms with Gasteiger partial charge in [-0.2, -0.15) is 0 Å². The van der Waals surface area contributed by atoms with Crippen LogP contribution in [0.1, 0.15) is 6.92 Å². The van der Waals surface area contributed by atoms with Crippen molar-refractivity contribution < 1.29 is 22.7 Å². The van der Waals surface area contributed by atoms with Crippen LogP contribution < -0.4 is 9.62 Å². The third kappa shape index (κ3) is 4.31. The van der Waals surface area contributed by atoms with Crippen molar-refractivity contribution in [3.05, 3.63) is 24.3 Å². The summed E-state index contributed by atoms with van der Waals surface area (Å²) in [7, 11) is -2.28. The van der Waals surface area contributed by atoms with Crippen LogP contribution in [0.15, 0.2) is 29.2 Å². The molecule has 0 amide bonds. The summed E-state index contributed by atoms with van der Waals surface area (Å²) in [5.41, 5.74) is 0. The first kappa shape index (κ1) is 13.9. The Bertz CT molecular complexity index is 429. The van der Waals surface area contributed by atoms with Crippen molar-refractivity contribution in [3.63, 3.8) is 0 Å². The maximum absolute atomic E-state index is 11.6. The Hall–Kier alpha value is -1.15. The van der Waals surface area contributed by atoms with Gasteiger partial charge < -0.3 is 9.47 Å². The van der Waals surface area contributed by atoms with Crippen molar-refractivity contribution in [1.29, 1.82) is 0 Å². The highest BCUT2D eigenvalue weighted by Gasteiger charge is 2.13. The molecule has 17 heavy (non-hydrogen) atoms. The molecule has 0 saturated heterocycles. The lowest BCUT2D eigenvalue weighted by Gasteiger charge is -2.07.